The summed E-state index contributed by atoms with van der Waals surface area (Å²) in [6.45, 7) is 4.85. The number of aromatic nitrogens is 3. The molecule has 9 rings (SSSR count). The van der Waals surface area contributed by atoms with Gasteiger partial charge < -0.3 is 19.4 Å². The van der Waals surface area contributed by atoms with Crippen LogP contribution in [0.5, 0.6) is 5.75 Å². The van der Waals surface area contributed by atoms with Crippen molar-refractivity contribution in [2.75, 3.05) is 51.3 Å². The molecule has 12 heteroatoms. The van der Waals surface area contributed by atoms with E-state index in [0.29, 0.717) is 55.2 Å². The van der Waals surface area contributed by atoms with Gasteiger partial charge in [-0.3, -0.25) is 14.6 Å². The van der Waals surface area contributed by atoms with Gasteiger partial charge in [-0.15, -0.1) is 0 Å². The second-order valence-electron chi connectivity index (χ2n) is 15.7. The van der Waals surface area contributed by atoms with Gasteiger partial charge in [0.05, 0.1) is 30.3 Å². The summed E-state index contributed by atoms with van der Waals surface area (Å²) in [5.41, 5.74) is 2.37. The summed E-state index contributed by atoms with van der Waals surface area (Å²) >= 11 is 0. The summed E-state index contributed by atoms with van der Waals surface area (Å²) < 4.78 is 49.1. The van der Waals surface area contributed by atoms with Crippen molar-refractivity contribution < 1.29 is 27.5 Å². The molecule has 4 saturated carbocycles. The van der Waals surface area contributed by atoms with Gasteiger partial charge in [-0.1, -0.05) is 0 Å². The summed E-state index contributed by atoms with van der Waals surface area (Å²) in [6, 6.07) is 12.8. The number of nitrogens with zero attached hydrogens (tertiary/aromatic N) is 6. The van der Waals surface area contributed by atoms with Crippen molar-refractivity contribution in [2.45, 2.75) is 51.6 Å². The highest BCUT2D eigenvalue weighted by molar-refractivity contribution is 5.95. The van der Waals surface area contributed by atoms with E-state index in [2.05, 4.69) is 15.0 Å². The summed E-state index contributed by atoms with van der Waals surface area (Å²) in [7, 11) is 1.94. The first-order chi connectivity index (χ1) is 25.4. The number of amides is 2. The van der Waals surface area contributed by atoms with Crippen molar-refractivity contribution in [1.29, 1.82) is 0 Å². The topological polar surface area (TPSA) is 83.8 Å². The third kappa shape index (κ3) is 7.24. The van der Waals surface area contributed by atoms with Crippen molar-refractivity contribution in [3.63, 3.8) is 0 Å². The SMILES string of the molecule is CCOc1cncc(-c2cnn(-c3cc(C(=O)N4CCN(c5ccc(C(=O)N(C)CC67CC8CC(CC(C8)C6)C7)cc5)CC4)cc(C(F)(F)F)c3)c2)c1. The molecule has 2 aromatic heterocycles. The quantitative estimate of drug-likeness (QED) is 0.177. The van der Waals surface area contributed by atoms with Gasteiger partial charge in [-0.25, -0.2) is 4.68 Å². The molecule has 2 aromatic carbocycles. The Morgan fingerprint density at radius 1 is 0.849 bits per heavy atom. The molecule has 5 fully saturated rings. The molecule has 278 valence electrons. The monoisotopic (exact) mass is 726 g/mol. The fourth-order valence-corrected chi connectivity index (χ4v) is 9.91. The number of alkyl halides is 3. The Kier molecular flexibility index (Phi) is 9.18. The van der Waals surface area contributed by atoms with E-state index in [0.717, 1.165) is 42.1 Å². The third-order valence-electron chi connectivity index (χ3n) is 11.8. The molecule has 5 aliphatic rings. The Labute approximate surface area is 307 Å². The highest BCUT2D eigenvalue weighted by Crippen LogP contribution is 2.60. The number of hydrogen-bond donors (Lipinski definition) is 0. The fraction of sp³-hybridized carbons (Fsp3) is 0.463. The number of rotatable bonds is 9. The highest BCUT2D eigenvalue weighted by Gasteiger charge is 2.51. The second kappa shape index (κ2) is 13.8. The van der Waals surface area contributed by atoms with E-state index in [9.17, 15) is 22.8 Å². The summed E-state index contributed by atoms with van der Waals surface area (Å²) in [5, 5.41) is 4.31. The van der Waals surface area contributed by atoms with Crippen LogP contribution in [-0.2, 0) is 6.18 Å². The van der Waals surface area contributed by atoms with Gasteiger partial charge in [-0.2, -0.15) is 18.3 Å². The number of halogens is 3. The van der Waals surface area contributed by atoms with E-state index in [-0.39, 0.29) is 22.6 Å². The molecule has 1 saturated heterocycles. The minimum atomic E-state index is -4.66. The normalized spacial score (nSPS) is 23.7. The largest absolute Gasteiger partial charge is 0.492 e. The molecule has 4 aliphatic carbocycles. The molecular weight excluding hydrogens is 681 g/mol. The second-order valence-corrected chi connectivity index (χ2v) is 15.7. The molecule has 0 unspecified atom stereocenters. The standard InChI is InChI=1S/C41H45F3N6O3/c1-3-53-37-17-32(22-45-24-37)33-23-46-50(25-33)36-16-31(15-34(18-36)41(42,43)44)39(52)49-10-8-48(9-11-49)35-6-4-30(5-7-35)38(51)47(2)26-40-19-27-12-28(20-40)14-29(13-27)21-40/h4-7,15-18,22-25,27-29H,3,8-14,19-21,26H2,1-2H3. The average molecular weight is 727 g/mol. The van der Waals surface area contributed by atoms with Crippen LogP contribution in [0.15, 0.2) is 73.3 Å². The van der Waals surface area contributed by atoms with Gasteiger partial charge >= 0.3 is 6.18 Å². The number of carbonyl (C=O) groups is 2. The number of hydrogen-bond acceptors (Lipinski definition) is 6. The van der Waals surface area contributed by atoms with Crippen LogP contribution in [0.2, 0.25) is 0 Å². The van der Waals surface area contributed by atoms with Crippen molar-refractivity contribution in [2.24, 2.45) is 23.2 Å². The van der Waals surface area contributed by atoms with Gasteiger partial charge in [-0.05, 0) is 117 Å². The van der Waals surface area contributed by atoms with E-state index in [1.165, 1.54) is 55.5 Å². The van der Waals surface area contributed by atoms with Crippen molar-refractivity contribution >= 4 is 17.5 Å². The Balaban J connectivity index is 0.916. The van der Waals surface area contributed by atoms with E-state index in [1.54, 1.807) is 29.6 Å². The molecule has 4 aromatic rings. The van der Waals surface area contributed by atoms with Gasteiger partial charge in [0.25, 0.3) is 11.8 Å². The lowest BCUT2D eigenvalue weighted by Crippen LogP contribution is -2.51. The molecule has 0 N–H and O–H groups in total. The molecule has 4 bridgehead atoms. The van der Waals surface area contributed by atoms with E-state index in [1.807, 2.05) is 43.1 Å². The first-order valence-corrected chi connectivity index (χ1v) is 18.7. The predicted molar refractivity (Wildman–Crippen MR) is 195 cm³/mol. The lowest BCUT2D eigenvalue weighted by Gasteiger charge is -2.57. The fourth-order valence-electron chi connectivity index (χ4n) is 9.91. The summed E-state index contributed by atoms with van der Waals surface area (Å²) in [6.07, 6.45) is 9.61. The van der Waals surface area contributed by atoms with Crippen LogP contribution in [-0.4, -0.2) is 82.8 Å². The number of anilines is 1. The maximum Gasteiger partial charge on any atom is 0.416 e. The van der Waals surface area contributed by atoms with Crippen LogP contribution >= 0.6 is 0 Å². The molecule has 1 aliphatic heterocycles. The number of carbonyl (C=O) groups excluding carboxylic acids is 2. The van der Waals surface area contributed by atoms with Crippen molar-refractivity contribution in [3.05, 3.63) is 90.0 Å². The van der Waals surface area contributed by atoms with E-state index in [4.69, 9.17) is 4.74 Å². The van der Waals surface area contributed by atoms with Gasteiger partial charge in [0.1, 0.15) is 5.75 Å². The number of piperazine rings is 1. The van der Waals surface area contributed by atoms with Crippen molar-refractivity contribution in [3.8, 4) is 22.6 Å². The van der Waals surface area contributed by atoms with Gasteiger partial charge in [0, 0.05) is 80.1 Å². The van der Waals surface area contributed by atoms with Gasteiger partial charge in [0.2, 0.25) is 0 Å². The predicted octanol–water partition coefficient (Wildman–Crippen LogP) is 7.60. The summed E-state index contributed by atoms with van der Waals surface area (Å²) in [4.78, 5) is 37.0. The molecule has 2 amide bonds. The minimum absolute atomic E-state index is 0.0438. The number of ether oxygens (including phenoxy) is 1. The Bertz CT molecular complexity index is 1950. The molecular formula is C41H45F3N6O3. The first kappa shape index (κ1) is 35.2. The van der Waals surface area contributed by atoms with Gasteiger partial charge in [0.15, 0.2) is 0 Å². The maximum absolute atomic E-state index is 14.1. The lowest BCUT2D eigenvalue weighted by molar-refractivity contribution is -0.137. The Morgan fingerprint density at radius 2 is 1.53 bits per heavy atom. The lowest BCUT2D eigenvalue weighted by atomic mass is 9.49. The molecule has 0 atom stereocenters. The third-order valence-corrected chi connectivity index (χ3v) is 11.8. The Morgan fingerprint density at radius 3 is 2.17 bits per heavy atom. The van der Waals surface area contributed by atoms with Crippen LogP contribution in [0.4, 0.5) is 18.9 Å². The van der Waals surface area contributed by atoms with Crippen LogP contribution in [0, 0.1) is 23.2 Å². The van der Waals surface area contributed by atoms with E-state index < -0.39 is 17.6 Å². The average Bonchev–Trinajstić information content (AvgIpc) is 3.64. The highest BCUT2D eigenvalue weighted by atomic mass is 19.4. The molecule has 53 heavy (non-hydrogen) atoms. The first-order valence-electron chi connectivity index (χ1n) is 18.7. The molecule has 0 spiro atoms. The zero-order valence-electron chi connectivity index (χ0n) is 30.2. The number of benzene rings is 2. The summed E-state index contributed by atoms with van der Waals surface area (Å²) in [5.74, 6) is 2.66. The smallest absolute Gasteiger partial charge is 0.416 e. The molecule has 3 heterocycles. The van der Waals surface area contributed by atoms with E-state index >= 15 is 0 Å². The maximum atomic E-state index is 14.1. The van der Waals surface area contributed by atoms with Crippen molar-refractivity contribution in [1.82, 2.24) is 24.6 Å². The van der Waals surface area contributed by atoms with Crippen LogP contribution in [0.25, 0.3) is 16.8 Å². The minimum Gasteiger partial charge on any atom is -0.492 e. The zero-order chi connectivity index (χ0) is 36.9. The Hall–Kier alpha value is -4.87. The van der Waals surface area contributed by atoms with Crippen LogP contribution in [0.1, 0.15) is 71.7 Å². The molecule has 9 nitrogen and oxygen atoms in total. The number of pyridine rings is 1. The molecule has 0 radical (unpaired) electrons. The van der Waals surface area contributed by atoms with Crippen LogP contribution < -0.4 is 9.64 Å². The zero-order valence-corrected chi connectivity index (χ0v) is 30.2. The van der Waals surface area contributed by atoms with Crippen LogP contribution in [0.3, 0.4) is 0 Å².